The zero-order valence-electron chi connectivity index (χ0n) is 7.18. The van der Waals surface area contributed by atoms with Crippen LogP contribution in [0.15, 0.2) is 12.2 Å². The minimum atomic E-state index is -0.172. The molecule has 0 aromatic rings. The van der Waals surface area contributed by atoms with Gasteiger partial charge in [0, 0.05) is 25.3 Å². The van der Waals surface area contributed by atoms with Gasteiger partial charge in [0.05, 0.1) is 0 Å². The van der Waals surface area contributed by atoms with Gasteiger partial charge in [-0.1, -0.05) is 6.58 Å². The summed E-state index contributed by atoms with van der Waals surface area (Å²) in [4.78, 5) is 11.1. The van der Waals surface area contributed by atoms with Crippen LogP contribution < -0.4 is 11.1 Å². The molecule has 4 N–H and O–H groups in total. The van der Waals surface area contributed by atoms with E-state index in [-0.39, 0.29) is 12.5 Å². The number of aliphatic hydroxyl groups is 1. The molecular weight excluding hydrogens is 156 g/mol. The lowest BCUT2D eigenvalue weighted by atomic mass is 10.1. The molecule has 0 saturated carbocycles. The van der Waals surface area contributed by atoms with Gasteiger partial charge >= 0.3 is 0 Å². The Balaban J connectivity index is 3.55. The van der Waals surface area contributed by atoms with Crippen LogP contribution in [0.3, 0.4) is 0 Å². The van der Waals surface area contributed by atoms with Crippen LogP contribution in [0, 0.1) is 0 Å². The van der Waals surface area contributed by atoms with Crippen molar-refractivity contribution >= 4 is 5.91 Å². The zero-order chi connectivity index (χ0) is 9.40. The Morgan fingerprint density at radius 1 is 1.58 bits per heavy atom. The molecule has 1 amide bonds. The lowest BCUT2D eigenvalue weighted by molar-refractivity contribution is -0.117. The highest BCUT2D eigenvalue weighted by molar-refractivity contribution is 5.92. The molecule has 0 fully saturated rings. The van der Waals surface area contributed by atoms with Crippen molar-refractivity contribution in [3.63, 3.8) is 0 Å². The van der Waals surface area contributed by atoms with Crippen molar-refractivity contribution < 1.29 is 9.90 Å². The van der Waals surface area contributed by atoms with Crippen molar-refractivity contribution in [3.8, 4) is 0 Å². The van der Waals surface area contributed by atoms with E-state index in [4.69, 9.17) is 10.8 Å². The summed E-state index contributed by atoms with van der Waals surface area (Å²) < 4.78 is 0. The molecule has 0 aliphatic heterocycles. The summed E-state index contributed by atoms with van der Waals surface area (Å²) in [6.45, 7) is 4.57. The van der Waals surface area contributed by atoms with Crippen LogP contribution in [-0.4, -0.2) is 30.7 Å². The van der Waals surface area contributed by atoms with Crippen LogP contribution >= 0.6 is 0 Å². The van der Waals surface area contributed by atoms with Gasteiger partial charge in [-0.3, -0.25) is 4.79 Å². The first-order valence-corrected chi connectivity index (χ1v) is 3.99. The van der Waals surface area contributed by atoms with Gasteiger partial charge in [0.2, 0.25) is 5.91 Å². The predicted octanol–water partition coefficient (Wildman–Crippen LogP) is -0.610. The van der Waals surface area contributed by atoms with Crippen LogP contribution in [-0.2, 0) is 4.79 Å². The Morgan fingerprint density at radius 3 is 2.75 bits per heavy atom. The predicted molar refractivity (Wildman–Crippen MR) is 47.5 cm³/mol. The molecule has 12 heavy (non-hydrogen) atoms. The highest BCUT2D eigenvalue weighted by Crippen LogP contribution is 2.00. The van der Waals surface area contributed by atoms with Crippen molar-refractivity contribution in [1.82, 2.24) is 5.32 Å². The molecule has 0 radical (unpaired) electrons. The second-order valence-corrected chi connectivity index (χ2v) is 2.48. The number of hydrogen-bond acceptors (Lipinski definition) is 3. The number of rotatable bonds is 6. The third-order valence-electron chi connectivity index (χ3n) is 1.39. The first-order chi connectivity index (χ1) is 5.72. The van der Waals surface area contributed by atoms with E-state index in [1.54, 1.807) is 0 Å². The highest BCUT2D eigenvalue weighted by Gasteiger charge is 2.04. The zero-order valence-corrected chi connectivity index (χ0v) is 7.18. The SMILES string of the molecule is C=C(CCCO)C(=O)NCCN. The lowest BCUT2D eigenvalue weighted by Crippen LogP contribution is -2.29. The molecule has 0 atom stereocenters. The maximum atomic E-state index is 11.1. The minimum Gasteiger partial charge on any atom is -0.396 e. The van der Waals surface area contributed by atoms with E-state index in [0.717, 1.165) is 0 Å². The summed E-state index contributed by atoms with van der Waals surface area (Å²) >= 11 is 0. The second kappa shape index (κ2) is 6.82. The van der Waals surface area contributed by atoms with Gasteiger partial charge in [0.25, 0.3) is 0 Å². The molecule has 0 heterocycles. The van der Waals surface area contributed by atoms with Gasteiger partial charge in [0.1, 0.15) is 0 Å². The average molecular weight is 172 g/mol. The smallest absolute Gasteiger partial charge is 0.246 e. The maximum Gasteiger partial charge on any atom is 0.246 e. The third kappa shape index (κ3) is 4.87. The van der Waals surface area contributed by atoms with E-state index in [1.807, 2.05) is 0 Å². The maximum absolute atomic E-state index is 11.1. The summed E-state index contributed by atoms with van der Waals surface area (Å²) in [5.74, 6) is -0.172. The Bertz CT molecular complexity index is 139. The summed E-state index contributed by atoms with van der Waals surface area (Å²) in [5.41, 5.74) is 5.69. The third-order valence-corrected chi connectivity index (χ3v) is 1.39. The van der Waals surface area contributed by atoms with Crippen LogP contribution in [0.2, 0.25) is 0 Å². The van der Waals surface area contributed by atoms with E-state index in [1.165, 1.54) is 0 Å². The van der Waals surface area contributed by atoms with Gasteiger partial charge in [0.15, 0.2) is 0 Å². The number of amides is 1. The number of nitrogens with one attached hydrogen (secondary N) is 1. The highest BCUT2D eigenvalue weighted by atomic mass is 16.2. The van der Waals surface area contributed by atoms with Crippen molar-refractivity contribution in [2.45, 2.75) is 12.8 Å². The first-order valence-electron chi connectivity index (χ1n) is 3.99. The monoisotopic (exact) mass is 172 g/mol. The van der Waals surface area contributed by atoms with E-state index in [0.29, 0.717) is 31.5 Å². The fourth-order valence-corrected chi connectivity index (χ4v) is 0.717. The topological polar surface area (TPSA) is 75.3 Å². The number of carbonyl (C=O) groups excluding carboxylic acids is 1. The van der Waals surface area contributed by atoms with Gasteiger partial charge in [-0.25, -0.2) is 0 Å². The molecule has 0 aromatic carbocycles. The van der Waals surface area contributed by atoms with E-state index in [2.05, 4.69) is 11.9 Å². The molecule has 0 aliphatic carbocycles. The fraction of sp³-hybridized carbons (Fsp3) is 0.625. The summed E-state index contributed by atoms with van der Waals surface area (Å²) in [7, 11) is 0. The standard InChI is InChI=1S/C8H16N2O2/c1-7(3-2-6-11)8(12)10-5-4-9/h11H,1-6,9H2,(H,10,12). The van der Waals surface area contributed by atoms with Gasteiger partial charge in [-0.15, -0.1) is 0 Å². The quantitative estimate of drug-likeness (QED) is 0.468. The first kappa shape index (κ1) is 11.1. The molecule has 0 spiro atoms. The Labute approximate surface area is 72.4 Å². The van der Waals surface area contributed by atoms with Gasteiger partial charge in [-0.2, -0.15) is 0 Å². The molecule has 0 bridgehead atoms. The number of carbonyl (C=O) groups is 1. The average Bonchev–Trinajstić information content (AvgIpc) is 2.10. The summed E-state index contributed by atoms with van der Waals surface area (Å²) in [6, 6.07) is 0. The van der Waals surface area contributed by atoms with Crippen LogP contribution in [0.1, 0.15) is 12.8 Å². The molecule has 0 unspecified atom stereocenters. The Morgan fingerprint density at radius 2 is 2.25 bits per heavy atom. The molecule has 0 aliphatic rings. The molecule has 70 valence electrons. The molecule has 4 heteroatoms. The van der Waals surface area contributed by atoms with Crippen molar-refractivity contribution in [2.24, 2.45) is 5.73 Å². The van der Waals surface area contributed by atoms with E-state index >= 15 is 0 Å². The summed E-state index contributed by atoms with van der Waals surface area (Å²) in [5, 5.41) is 11.1. The van der Waals surface area contributed by atoms with Crippen LogP contribution in [0.25, 0.3) is 0 Å². The number of hydrogen-bond donors (Lipinski definition) is 3. The molecular formula is C8H16N2O2. The van der Waals surface area contributed by atoms with Crippen LogP contribution in [0.5, 0.6) is 0 Å². The minimum absolute atomic E-state index is 0.0865. The van der Waals surface area contributed by atoms with Crippen molar-refractivity contribution in [1.29, 1.82) is 0 Å². The molecule has 0 saturated heterocycles. The molecule has 4 nitrogen and oxygen atoms in total. The largest absolute Gasteiger partial charge is 0.396 e. The normalized spacial score (nSPS) is 9.50. The number of aliphatic hydroxyl groups excluding tert-OH is 1. The Kier molecular flexibility index (Phi) is 6.32. The number of nitrogens with two attached hydrogens (primary N) is 1. The second-order valence-electron chi connectivity index (χ2n) is 2.48. The van der Waals surface area contributed by atoms with Crippen molar-refractivity contribution in [3.05, 3.63) is 12.2 Å². The lowest BCUT2D eigenvalue weighted by Gasteiger charge is -2.04. The summed E-state index contributed by atoms with van der Waals surface area (Å²) in [6.07, 6.45) is 1.11. The fourth-order valence-electron chi connectivity index (χ4n) is 0.717. The van der Waals surface area contributed by atoms with Gasteiger partial charge < -0.3 is 16.2 Å². The van der Waals surface area contributed by atoms with Crippen LogP contribution in [0.4, 0.5) is 0 Å². The van der Waals surface area contributed by atoms with E-state index < -0.39 is 0 Å². The molecule has 0 aromatic heterocycles. The Hall–Kier alpha value is -0.870. The van der Waals surface area contributed by atoms with Gasteiger partial charge in [-0.05, 0) is 12.8 Å². The molecule has 0 rings (SSSR count). The van der Waals surface area contributed by atoms with E-state index in [9.17, 15) is 4.79 Å². The van der Waals surface area contributed by atoms with Crippen molar-refractivity contribution in [2.75, 3.05) is 19.7 Å².